The third-order valence-electron chi connectivity index (χ3n) is 0.905. The first-order valence-electron chi connectivity index (χ1n) is 3.23. The molecule has 0 rings (SSSR count). The Morgan fingerprint density at radius 1 is 1.50 bits per heavy atom. The van der Waals surface area contributed by atoms with Gasteiger partial charge in [-0.1, -0.05) is 0 Å². The minimum Gasteiger partial charge on any atom is -0.466 e. The Morgan fingerprint density at radius 3 is 2.50 bits per heavy atom. The Bertz CT molecular complexity index is 205. The molecule has 2 N–H and O–H groups in total. The van der Waals surface area contributed by atoms with E-state index in [4.69, 9.17) is 5.73 Å². The Kier molecular flexibility index (Phi) is 4.52. The second kappa shape index (κ2) is 5.17. The molecule has 0 aliphatic carbocycles. The molecular formula is C7H11NO4. The van der Waals surface area contributed by atoms with Crippen LogP contribution in [0.15, 0.2) is 11.8 Å². The van der Waals surface area contributed by atoms with Gasteiger partial charge in [0.05, 0.1) is 7.11 Å². The van der Waals surface area contributed by atoms with Crippen molar-refractivity contribution in [1.29, 1.82) is 0 Å². The number of ether oxygens (including phenoxy) is 2. The van der Waals surface area contributed by atoms with Gasteiger partial charge in [0.15, 0.2) is 6.61 Å². The molecule has 0 amide bonds. The van der Waals surface area contributed by atoms with Gasteiger partial charge in [0.2, 0.25) is 0 Å². The molecule has 0 aromatic carbocycles. The second-order valence-electron chi connectivity index (χ2n) is 2.07. The minimum atomic E-state index is -0.652. The quantitative estimate of drug-likeness (QED) is 0.462. The summed E-state index contributed by atoms with van der Waals surface area (Å²) in [6.07, 6.45) is 1.09. The maximum Gasteiger partial charge on any atom is 0.344 e. The van der Waals surface area contributed by atoms with Gasteiger partial charge in [0.25, 0.3) is 0 Å². The molecule has 12 heavy (non-hydrogen) atoms. The van der Waals surface area contributed by atoms with Gasteiger partial charge in [-0.3, -0.25) is 0 Å². The van der Waals surface area contributed by atoms with Crippen molar-refractivity contribution in [3.05, 3.63) is 11.8 Å². The number of esters is 2. The lowest BCUT2D eigenvalue weighted by Gasteiger charge is -1.99. The molecule has 0 aromatic heterocycles. The number of methoxy groups -OCH3 is 1. The Morgan fingerprint density at radius 2 is 2.08 bits per heavy atom. The highest BCUT2D eigenvalue weighted by atomic mass is 16.6. The monoisotopic (exact) mass is 173 g/mol. The topological polar surface area (TPSA) is 78.6 Å². The van der Waals surface area contributed by atoms with Gasteiger partial charge in [0.1, 0.15) is 0 Å². The highest BCUT2D eigenvalue weighted by Gasteiger charge is 2.03. The molecule has 0 aliphatic heterocycles. The van der Waals surface area contributed by atoms with Crippen molar-refractivity contribution in [3.63, 3.8) is 0 Å². The largest absolute Gasteiger partial charge is 0.466 e. The molecular weight excluding hydrogens is 162 g/mol. The summed E-state index contributed by atoms with van der Waals surface area (Å²) in [7, 11) is 1.21. The van der Waals surface area contributed by atoms with E-state index < -0.39 is 11.9 Å². The zero-order valence-corrected chi connectivity index (χ0v) is 6.99. The average Bonchev–Trinajstić information content (AvgIpc) is 1.99. The number of carbonyl (C=O) groups is 2. The minimum absolute atomic E-state index is 0.324. The van der Waals surface area contributed by atoms with Crippen molar-refractivity contribution >= 4 is 11.9 Å². The highest BCUT2D eigenvalue weighted by Crippen LogP contribution is 1.86. The summed E-state index contributed by atoms with van der Waals surface area (Å²) in [5, 5.41) is 0. The molecule has 0 atom stereocenters. The number of allylic oxidation sites excluding steroid dienone is 1. The second-order valence-corrected chi connectivity index (χ2v) is 2.07. The number of carbonyl (C=O) groups excluding carboxylic acids is 2. The van der Waals surface area contributed by atoms with Crippen molar-refractivity contribution in [3.8, 4) is 0 Å². The predicted molar refractivity (Wildman–Crippen MR) is 40.9 cm³/mol. The Hall–Kier alpha value is -1.52. The summed E-state index contributed by atoms with van der Waals surface area (Å²) in [4.78, 5) is 21.1. The number of nitrogens with two attached hydrogens (primary N) is 1. The Labute approximate surface area is 70.1 Å². The van der Waals surface area contributed by atoms with E-state index in [9.17, 15) is 9.59 Å². The van der Waals surface area contributed by atoms with Crippen LogP contribution in [-0.4, -0.2) is 25.7 Å². The summed E-state index contributed by atoms with van der Waals surface area (Å²) in [5.74, 6) is -1.26. The Balaban J connectivity index is 3.73. The van der Waals surface area contributed by atoms with Crippen LogP contribution in [0, 0.1) is 0 Å². The van der Waals surface area contributed by atoms with Gasteiger partial charge < -0.3 is 15.2 Å². The molecule has 5 nitrogen and oxygen atoms in total. The van der Waals surface area contributed by atoms with Crippen LogP contribution in [0.4, 0.5) is 0 Å². The van der Waals surface area contributed by atoms with Crippen LogP contribution in [0.5, 0.6) is 0 Å². The van der Waals surface area contributed by atoms with Crippen LogP contribution < -0.4 is 5.73 Å². The molecule has 0 fully saturated rings. The van der Waals surface area contributed by atoms with Gasteiger partial charge in [-0.25, -0.2) is 9.59 Å². The molecule has 68 valence electrons. The maximum absolute atomic E-state index is 10.7. The number of hydrogen-bond donors (Lipinski definition) is 1. The van der Waals surface area contributed by atoms with E-state index in [1.54, 1.807) is 6.92 Å². The fourth-order valence-corrected chi connectivity index (χ4v) is 0.417. The maximum atomic E-state index is 10.7. The van der Waals surface area contributed by atoms with Crippen LogP contribution >= 0.6 is 0 Å². The molecule has 0 heterocycles. The van der Waals surface area contributed by atoms with Crippen LogP contribution in [-0.2, 0) is 19.1 Å². The molecule has 0 saturated carbocycles. The molecule has 0 radical (unpaired) electrons. The zero-order chi connectivity index (χ0) is 9.56. The SMILES string of the molecule is COC(=O)COC(=O)/C=C(\C)N. The van der Waals surface area contributed by atoms with Crippen LogP contribution in [0.25, 0.3) is 0 Å². The first-order valence-corrected chi connectivity index (χ1v) is 3.23. The van der Waals surface area contributed by atoms with Gasteiger partial charge in [-0.15, -0.1) is 0 Å². The summed E-state index contributed by atoms with van der Waals surface area (Å²) in [6.45, 7) is 1.15. The highest BCUT2D eigenvalue weighted by molar-refractivity contribution is 5.84. The van der Waals surface area contributed by atoms with Gasteiger partial charge in [0, 0.05) is 11.8 Å². The molecule has 0 bridgehead atoms. The van der Waals surface area contributed by atoms with Crippen LogP contribution in [0.3, 0.4) is 0 Å². The van der Waals surface area contributed by atoms with Crippen LogP contribution in [0.1, 0.15) is 6.92 Å². The van der Waals surface area contributed by atoms with Crippen LogP contribution in [0.2, 0.25) is 0 Å². The zero-order valence-electron chi connectivity index (χ0n) is 6.99. The number of rotatable bonds is 3. The number of hydrogen-bond acceptors (Lipinski definition) is 5. The van der Waals surface area contributed by atoms with Gasteiger partial charge >= 0.3 is 11.9 Å². The van der Waals surface area contributed by atoms with E-state index in [2.05, 4.69) is 9.47 Å². The summed E-state index contributed by atoms with van der Waals surface area (Å²) < 4.78 is 8.67. The van der Waals surface area contributed by atoms with Crippen molar-refractivity contribution in [1.82, 2.24) is 0 Å². The van der Waals surface area contributed by atoms with Crippen molar-refractivity contribution in [2.75, 3.05) is 13.7 Å². The van der Waals surface area contributed by atoms with E-state index in [1.165, 1.54) is 7.11 Å². The lowest BCUT2D eigenvalue weighted by molar-refractivity contribution is -0.154. The molecule has 0 saturated heterocycles. The predicted octanol–water partition coefficient (Wildman–Crippen LogP) is -0.435. The van der Waals surface area contributed by atoms with Crippen molar-refractivity contribution < 1.29 is 19.1 Å². The molecule has 0 aliphatic rings. The average molecular weight is 173 g/mol. The standard InChI is InChI=1S/C7H11NO4/c1-5(8)3-6(9)12-4-7(10)11-2/h3H,4,8H2,1-2H3/b5-3+. The van der Waals surface area contributed by atoms with Gasteiger partial charge in [-0.2, -0.15) is 0 Å². The van der Waals surface area contributed by atoms with E-state index >= 15 is 0 Å². The smallest absolute Gasteiger partial charge is 0.344 e. The third kappa shape index (κ3) is 5.28. The molecule has 5 heteroatoms. The van der Waals surface area contributed by atoms with Gasteiger partial charge in [-0.05, 0) is 6.92 Å². The van der Waals surface area contributed by atoms with Crippen molar-refractivity contribution in [2.45, 2.75) is 6.92 Å². The first kappa shape index (κ1) is 10.5. The lowest BCUT2D eigenvalue weighted by Crippen LogP contribution is -2.14. The third-order valence-corrected chi connectivity index (χ3v) is 0.905. The van der Waals surface area contributed by atoms with Crippen molar-refractivity contribution in [2.24, 2.45) is 5.73 Å². The summed E-state index contributed by atoms with van der Waals surface area (Å²) >= 11 is 0. The fourth-order valence-electron chi connectivity index (χ4n) is 0.417. The molecule has 0 unspecified atom stereocenters. The van der Waals surface area contributed by atoms with E-state index in [0.29, 0.717) is 5.70 Å². The van der Waals surface area contributed by atoms with E-state index in [1.807, 2.05) is 0 Å². The summed E-state index contributed by atoms with van der Waals surface area (Å²) in [6, 6.07) is 0. The molecule has 0 aromatic rings. The normalized spacial score (nSPS) is 10.7. The molecule has 0 spiro atoms. The fraction of sp³-hybridized carbons (Fsp3) is 0.429. The summed E-state index contributed by atoms with van der Waals surface area (Å²) in [5.41, 5.74) is 5.50. The van der Waals surface area contributed by atoms with E-state index in [-0.39, 0.29) is 6.61 Å². The first-order chi connectivity index (χ1) is 5.56. The van der Waals surface area contributed by atoms with E-state index in [0.717, 1.165) is 6.08 Å². The lowest BCUT2D eigenvalue weighted by atomic mass is 10.4.